The highest BCUT2D eigenvalue weighted by Gasteiger charge is 2.09. The van der Waals surface area contributed by atoms with Gasteiger partial charge in [0.05, 0.1) is 36.7 Å². The molecule has 146 valence electrons. The second kappa shape index (κ2) is 7.75. The van der Waals surface area contributed by atoms with Crippen LogP contribution in [0.15, 0.2) is 60.8 Å². The summed E-state index contributed by atoms with van der Waals surface area (Å²) in [7, 11) is 1.62. The van der Waals surface area contributed by atoms with Crippen molar-refractivity contribution in [2.45, 2.75) is 20.4 Å². The third-order valence-electron chi connectivity index (χ3n) is 4.80. The van der Waals surface area contributed by atoms with Gasteiger partial charge < -0.3 is 10.1 Å². The fourth-order valence-electron chi connectivity index (χ4n) is 3.27. The number of pyridine rings is 1. The predicted octanol–water partition coefficient (Wildman–Crippen LogP) is 4.36. The van der Waals surface area contributed by atoms with Crippen LogP contribution in [0.2, 0.25) is 0 Å². The molecule has 2 heterocycles. The van der Waals surface area contributed by atoms with Gasteiger partial charge in [0.1, 0.15) is 5.75 Å². The standard InChI is InChI=1S/C23H22N4O2/c1-15-10-16(2)27(26-15)14-17-4-6-18(7-5-17)23(28)25-20-11-19-8-9-21(29-3)12-22(19)24-13-20/h4-13H,14H2,1-3H3,(H,25,28). The Morgan fingerprint density at radius 2 is 1.86 bits per heavy atom. The van der Waals surface area contributed by atoms with Gasteiger partial charge in [0.2, 0.25) is 0 Å². The average Bonchev–Trinajstić information content (AvgIpc) is 3.04. The summed E-state index contributed by atoms with van der Waals surface area (Å²) < 4.78 is 7.17. The molecule has 6 heteroatoms. The Morgan fingerprint density at radius 3 is 2.55 bits per heavy atom. The number of anilines is 1. The first-order valence-corrected chi connectivity index (χ1v) is 9.37. The zero-order chi connectivity index (χ0) is 20.4. The Hall–Kier alpha value is -3.67. The van der Waals surface area contributed by atoms with Gasteiger partial charge in [0.25, 0.3) is 5.91 Å². The van der Waals surface area contributed by atoms with E-state index in [9.17, 15) is 4.79 Å². The van der Waals surface area contributed by atoms with Gasteiger partial charge in [-0.3, -0.25) is 14.5 Å². The average molecular weight is 386 g/mol. The minimum atomic E-state index is -0.169. The Balaban J connectivity index is 1.46. The summed E-state index contributed by atoms with van der Waals surface area (Å²) in [6, 6.07) is 17.2. The molecule has 29 heavy (non-hydrogen) atoms. The van der Waals surface area contributed by atoms with Gasteiger partial charge in [-0.1, -0.05) is 12.1 Å². The number of fused-ring (bicyclic) bond motifs is 1. The normalized spacial score (nSPS) is 10.9. The molecule has 2 aromatic heterocycles. The molecule has 0 saturated heterocycles. The van der Waals surface area contributed by atoms with Crippen LogP contribution in [0.4, 0.5) is 5.69 Å². The molecule has 0 fully saturated rings. The van der Waals surface area contributed by atoms with Crippen LogP contribution in [0.3, 0.4) is 0 Å². The van der Waals surface area contributed by atoms with Crippen molar-refractivity contribution in [2.75, 3.05) is 12.4 Å². The smallest absolute Gasteiger partial charge is 0.255 e. The van der Waals surface area contributed by atoms with Crippen LogP contribution >= 0.6 is 0 Å². The highest BCUT2D eigenvalue weighted by Crippen LogP contribution is 2.22. The summed E-state index contributed by atoms with van der Waals surface area (Å²) >= 11 is 0. The van der Waals surface area contributed by atoms with Crippen molar-refractivity contribution in [2.24, 2.45) is 0 Å². The maximum atomic E-state index is 12.6. The third-order valence-corrected chi connectivity index (χ3v) is 4.80. The lowest BCUT2D eigenvalue weighted by molar-refractivity contribution is 0.102. The molecule has 1 amide bonds. The third kappa shape index (κ3) is 4.11. The van der Waals surface area contributed by atoms with E-state index in [1.807, 2.05) is 67.1 Å². The number of ether oxygens (including phenoxy) is 1. The van der Waals surface area contributed by atoms with E-state index in [2.05, 4.69) is 21.5 Å². The summed E-state index contributed by atoms with van der Waals surface area (Å²) in [4.78, 5) is 17.0. The molecule has 0 bridgehead atoms. The van der Waals surface area contributed by atoms with Crippen LogP contribution < -0.4 is 10.1 Å². The molecule has 0 saturated carbocycles. The Morgan fingerprint density at radius 1 is 1.07 bits per heavy atom. The maximum absolute atomic E-state index is 12.6. The predicted molar refractivity (Wildman–Crippen MR) is 113 cm³/mol. The molecule has 0 aliphatic heterocycles. The number of rotatable bonds is 5. The molecule has 0 atom stereocenters. The monoisotopic (exact) mass is 386 g/mol. The lowest BCUT2D eigenvalue weighted by atomic mass is 10.1. The van der Waals surface area contributed by atoms with E-state index >= 15 is 0 Å². The molecular weight excluding hydrogens is 364 g/mol. The maximum Gasteiger partial charge on any atom is 0.255 e. The van der Waals surface area contributed by atoms with Gasteiger partial charge in [0, 0.05) is 22.7 Å². The number of carbonyl (C=O) groups is 1. The fraction of sp³-hybridized carbons (Fsp3) is 0.174. The summed E-state index contributed by atoms with van der Waals surface area (Å²) in [5, 5.41) is 8.32. The summed E-state index contributed by atoms with van der Waals surface area (Å²) in [6.07, 6.45) is 1.65. The van der Waals surface area contributed by atoms with Crippen LogP contribution in [-0.4, -0.2) is 27.8 Å². The molecular formula is C23H22N4O2. The van der Waals surface area contributed by atoms with E-state index < -0.39 is 0 Å². The molecule has 0 spiro atoms. The van der Waals surface area contributed by atoms with Crippen LogP contribution in [-0.2, 0) is 6.54 Å². The molecule has 4 aromatic rings. The van der Waals surface area contributed by atoms with E-state index in [0.29, 0.717) is 17.8 Å². The van der Waals surface area contributed by atoms with E-state index in [1.54, 1.807) is 13.3 Å². The lowest BCUT2D eigenvalue weighted by Crippen LogP contribution is -2.12. The van der Waals surface area contributed by atoms with E-state index in [0.717, 1.165) is 33.6 Å². The molecule has 4 rings (SSSR count). The molecule has 0 radical (unpaired) electrons. The molecule has 0 aliphatic carbocycles. The van der Waals surface area contributed by atoms with Gasteiger partial charge in [-0.2, -0.15) is 5.10 Å². The van der Waals surface area contributed by atoms with Gasteiger partial charge >= 0.3 is 0 Å². The van der Waals surface area contributed by atoms with Crippen molar-refractivity contribution in [1.82, 2.24) is 14.8 Å². The van der Waals surface area contributed by atoms with Crippen molar-refractivity contribution >= 4 is 22.5 Å². The first-order valence-electron chi connectivity index (χ1n) is 9.37. The number of nitrogens with one attached hydrogen (secondary N) is 1. The number of benzene rings is 2. The topological polar surface area (TPSA) is 69.0 Å². The van der Waals surface area contributed by atoms with Gasteiger partial charge in [-0.15, -0.1) is 0 Å². The van der Waals surface area contributed by atoms with Crippen LogP contribution in [0.5, 0.6) is 5.75 Å². The van der Waals surface area contributed by atoms with E-state index in [4.69, 9.17) is 4.74 Å². The second-order valence-corrected chi connectivity index (χ2v) is 7.02. The van der Waals surface area contributed by atoms with E-state index in [1.165, 1.54) is 0 Å². The number of methoxy groups -OCH3 is 1. The number of hydrogen-bond acceptors (Lipinski definition) is 4. The number of amides is 1. The van der Waals surface area contributed by atoms with Gasteiger partial charge in [-0.25, -0.2) is 0 Å². The van der Waals surface area contributed by atoms with Crippen molar-refractivity contribution in [1.29, 1.82) is 0 Å². The van der Waals surface area contributed by atoms with E-state index in [-0.39, 0.29) is 5.91 Å². The van der Waals surface area contributed by atoms with Crippen LogP contribution in [0, 0.1) is 13.8 Å². The summed E-state index contributed by atoms with van der Waals surface area (Å²) in [5.74, 6) is 0.583. The quantitative estimate of drug-likeness (QED) is 0.553. The Kier molecular flexibility index (Phi) is 4.99. The van der Waals surface area contributed by atoms with Gasteiger partial charge in [0.15, 0.2) is 0 Å². The minimum Gasteiger partial charge on any atom is -0.497 e. The molecule has 0 aliphatic rings. The number of carbonyl (C=O) groups excluding carboxylic acids is 1. The lowest BCUT2D eigenvalue weighted by Gasteiger charge is -2.08. The van der Waals surface area contributed by atoms with Crippen LogP contribution in [0.25, 0.3) is 10.9 Å². The minimum absolute atomic E-state index is 0.169. The Bertz CT molecular complexity index is 1180. The Labute approximate surface area is 169 Å². The highest BCUT2D eigenvalue weighted by atomic mass is 16.5. The van der Waals surface area contributed by atoms with Crippen molar-refractivity contribution in [3.63, 3.8) is 0 Å². The number of nitrogens with zero attached hydrogens (tertiary/aromatic N) is 3. The summed E-state index contributed by atoms with van der Waals surface area (Å²) in [5.41, 5.74) is 5.27. The summed E-state index contributed by atoms with van der Waals surface area (Å²) in [6.45, 7) is 4.70. The fourth-order valence-corrected chi connectivity index (χ4v) is 3.27. The second-order valence-electron chi connectivity index (χ2n) is 7.02. The number of aryl methyl sites for hydroxylation is 2. The molecule has 0 unspecified atom stereocenters. The first-order chi connectivity index (χ1) is 14.0. The van der Waals surface area contributed by atoms with Crippen molar-refractivity contribution in [3.8, 4) is 5.75 Å². The van der Waals surface area contributed by atoms with Crippen molar-refractivity contribution < 1.29 is 9.53 Å². The number of aromatic nitrogens is 3. The SMILES string of the molecule is COc1ccc2cc(NC(=O)c3ccc(Cn4nc(C)cc4C)cc3)cnc2c1. The highest BCUT2D eigenvalue weighted by molar-refractivity contribution is 6.04. The van der Waals surface area contributed by atoms with Gasteiger partial charge in [-0.05, 0) is 55.8 Å². The number of hydrogen-bond donors (Lipinski definition) is 1. The zero-order valence-corrected chi connectivity index (χ0v) is 16.6. The first kappa shape index (κ1) is 18.7. The van der Waals surface area contributed by atoms with Crippen LogP contribution in [0.1, 0.15) is 27.3 Å². The molecule has 2 aromatic carbocycles. The zero-order valence-electron chi connectivity index (χ0n) is 16.6. The molecule has 1 N–H and O–H groups in total. The largest absolute Gasteiger partial charge is 0.497 e. The van der Waals surface area contributed by atoms with Crippen molar-refractivity contribution in [3.05, 3.63) is 83.3 Å². The molecule has 6 nitrogen and oxygen atoms in total.